The molecule has 2 N–H and O–H groups in total. The molecule has 3 heteroatoms. The van der Waals surface area contributed by atoms with E-state index in [1.165, 1.54) is 28.6 Å². The Balaban J connectivity index is 1.99. The van der Waals surface area contributed by atoms with Crippen molar-refractivity contribution in [1.82, 2.24) is 4.90 Å². The van der Waals surface area contributed by atoms with E-state index in [0.717, 1.165) is 19.6 Å². The zero-order valence-electron chi connectivity index (χ0n) is 9.75. The fourth-order valence-corrected chi connectivity index (χ4v) is 2.89. The summed E-state index contributed by atoms with van der Waals surface area (Å²) in [6, 6.07) is 6.58. The van der Waals surface area contributed by atoms with Crippen LogP contribution in [0.4, 0.5) is 0 Å². The molecule has 1 aliphatic heterocycles. The quantitative estimate of drug-likeness (QED) is 0.923. The van der Waals surface area contributed by atoms with Gasteiger partial charge in [-0.25, -0.2) is 0 Å². The second kappa shape index (κ2) is 5.30. The third kappa shape index (κ3) is 2.84. The van der Waals surface area contributed by atoms with Crippen LogP contribution in [-0.4, -0.2) is 24.5 Å². The molecule has 1 saturated heterocycles. The van der Waals surface area contributed by atoms with Gasteiger partial charge < -0.3 is 5.73 Å². The van der Waals surface area contributed by atoms with Gasteiger partial charge in [-0.05, 0) is 49.5 Å². The van der Waals surface area contributed by atoms with Crippen molar-refractivity contribution in [2.75, 3.05) is 19.6 Å². The highest BCUT2D eigenvalue weighted by atomic mass is 79.9. The first-order valence-electron chi connectivity index (χ1n) is 5.86. The molecule has 0 bridgehead atoms. The second-order valence-corrected chi connectivity index (χ2v) is 5.57. The van der Waals surface area contributed by atoms with Crippen molar-refractivity contribution in [3.05, 3.63) is 33.8 Å². The van der Waals surface area contributed by atoms with E-state index in [1.807, 2.05) is 0 Å². The molecule has 1 fully saturated rings. The minimum atomic E-state index is 0.698. The lowest BCUT2D eigenvalue weighted by Crippen LogP contribution is -2.22. The Kier molecular flexibility index (Phi) is 4.00. The molecule has 1 atom stereocenters. The summed E-state index contributed by atoms with van der Waals surface area (Å²) in [6.45, 7) is 6.32. The van der Waals surface area contributed by atoms with E-state index in [4.69, 9.17) is 5.73 Å². The molecule has 0 aliphatic carbocycles. The first-order valence-corrected chi connectivity index (χ1v) is 6.66. The lowest BCUT2D eigenvalue weighted by molar-refractivity contribution is 0.317. The van der Waals surface area contributed by atoms with Gasteiger partial charge in [0, 0.05) is 17.6 Å². The molecular weight excluding hydrogens is 264 g/mol. The zero-order chi connectivity index (χ0) is 11.5. The van der Waals surface area contributed by atoms with Gasteiger partial charge in [-0.3, -0.25) is 4.90 Å². The summed E-state index contributed by atoms with van der Waals surface area (Å²) in [4.78, 5) is 2.49. The fraction of sp³-hybridized carbons (Fsp3) is 0.538. The third-order valence-electron chi connectivity index (χ3n) is 3.31. The second-order valence-electron chi connectivity index (χ2n) is 4.72. The van der Waals surface area contributed by atoms with Gasteiger partial charge in [0.25, 0.3) is 0 Å². The summed E-state index contributed by atoms with van der Waals surface area (Å²) in [5.41, 5.74) is 8.38. The van der Waals surface area contributed by atoms with E-state index >= 15 is 0 Å². The summed E-state index contributed by atoms with van der Waals surface area (Å²) >= 11 is 3.64. The number of likely N-dealkylation sites (tertiary alicyclic amines) is 1. The molecule has 1 aromatic carbocycles. The number of halogens is 1. The zero-order valence-corrected chi connectivity index (χ0v) is 11.3. The molecule has 0 amide bonds. The van der Waals surface area contributed by atoms with Gasteiger partial charge in [-0.1, -0.05) is 28.1 Å². The standard InChI is InChI=1S/C13H19BrN2/c1-10-2-3-12(13(14)6-10)9-16-5-4-11(7-15)8-16/h2-3,6,11H,4-5,7-9,15H2,1H3. The molecule has 2 nitrogen and oxygen atoms in total. The fourth-order valence-electron chi connectivity index (χ4n) is 2.27. The van der Waals surface area contributed by atoms with Gasteiger partial charge in [0.2, 0.25) is 0 Å². The van der Waals surface area contributed by atoms with Crippen molar-refractivity contribution in [1.29, 1.82) is 0 Å². The number of nitrogens with zero attached hydrogens (tertiary/aromatic N) is 1. The van der Waals surface area contributed by atoms with Gasteiger partial charge >= 0.3 is 0 Å². The van der Waals surface area contributed by atoms with E-state index in [1.54, 1.807) is 0 Å². The number of rotatable bonds is 3. The maximum atomic E-state index is 5.70. The van der Waals surface area contributed by atoms with Crippen LogP contribution >= 0.6 is 15.9 Å². The summed E-state index contributed by atoms with van der Waals surface area (Å²) in [7, 11) is 0. The maximum absolute atomic E-state index is 5.70. The van der Waals surface area contributed by atoms with Gasteiger partial charge in [-0.15, -0.1) is 0 Å². The minimum Gasteiger partial charge on any atom is -0.330 e. The molecule has 2 rings (SSSR count). The minimum absolute atomic E-state index is 0.698. The van der Waals surface area contributed by atoms with Crippen LogP contribution in [0.15, 0.2) is 22.7 Å². The largest absolute Gasteiger partial charge is 0.330 e. The first-order chi connectivity index (χ1) is 7.69. The number of hydrogen-bond acceptors (Lipinski definition) is 2. The van der Waals surface area contributed by atoms with E-state index in [9.17, 15) is 0 Å². The van der Waals surface area contributed by atoms with Crippen LogP contribution in [0.2, 0.25) is 0 Å². The summed E-state index contributed by atoms with van der Waals surface area (Å²) in [5.74, 6) is 0.698. The van der Waals surface area contributed by atoms with Crippen molar-refractivity contribution in [2.45, 2.75) is 19.9 Å². The van der Waals surface area contributed by atoms with Crippen LogP contribution < -0.4 is 5.73 Å². The molecule has 1 unspecified atom stereocenters. The molecule has 0 saturated carbocycles. The monoisotopic (exact) mass is 282 g/mol. The average molecular weight is 283 g/mol. The smallest absolute Gasteiger partial charge is 0.0245 e. The lowest BCUT2D eigenvalue weighted by Gasteiger charge is -2.17. The number of benzene rings is 1. The van der Waals surface area contributed by atoms with E-state index in [0.29, 0.717) is 5.92 Å². The molecule has 1 aromatic rings. The molecule has 0 aromatic heterocycles. The normalized spacial score (nSPS) is 21.6. The third-order valence-corrected chi connectivity index (χ3v) is 4.04. The van der Waals surface area contributed by atoms with Gasteiger partial charge in [-0.2, -0.15) is 0 Å². The predicted octanol–water partition coefficient (Wildman–Crippen LogP) is 2.54. The van der Waals surface area contributed by atoms with Crippen LogP contribution in [0.3, 0.4) is 0 Å². The van der Waals surface area contributed by atoms with Crippen LogP contribution in [-0.2, 0) is 6.54 Å². The molecule has 1 heterocycles. The highest BCUT2D eigenvalue weighted by Gasteiger charge is 2.21. The van der Waals surface area contributed by atoms with Crippen LogP contribution in [0.5, 0.6) is 0 Å². The van der Waals surface area contributed by atoms with Crippen molar-refractivity contribution < 1.29 is 0 Å². The van der Waals surface area contributed by atoms with Crippen LogP contribution in [0.1, 0.15) is 17.5 Å². The van der Waals surface area contributed by atoms with E-state index in [2.05, 4.69) is 46.0 Å². The average Bonchev–Trinajstić information content (AvgIpc) is 2.70. The van der Waals surface area contributed by atoms with Gasteiger partial charge in [0.05, 0.1) is 0 Å². The van der Waals surface area contributed by atoms with Crippen molar-refractivity contribution in [3.8, 4) is 0 Å². The highest BCUT2D eigenvalue weighted by Crippen LogP contribution is 2.23. The molecule has 1 aliphatic rings. The summed E-state index contributed by atoms with van der Waals surface area (Å²) < 4.78 is 1.23. The Morgan fingerprint density at radius 2 is 2.31 bits per heavy atom. The van der Waals surface area contributed by atoms with E-state index in [-0.39, 0.29) is 0 Å². The van der Waals surface area contributed by atoms with Gasteiger partial charge in [0.1, 0.15) is 0 Å². The Labute approximate surface area is 106 Å². The molecule has 0 spiro atoms. The number of hydrogen-bond donors (Lipinski definition) is 1. The lowest BCUT2D eigenvalue weighted by atomic mass is 10.1. The van der Waals surface area contributed by atoms with Crippen molar-refractivity contribution >= 4 is 15.9 Å². The Morgan fingerprint density at radius 1 is 1.50 bits per heavy atom. The van der Waals surface area contributed by atoms with Crippen LogP contribution in [0, 0.1) is 12.8 Å². The SMILES string of the molecule is Cc1ccc(CN2CCC(CN)C2)c(Br)c1. The Hall–Kier alpha value is -0.380. The Morgan fingerprint density at radius 3 is 2.94 bits per heavy atom. The van der Waals surface area contributed by atoms with Crippen molar-refractivity contribution in [3.63, 3.8) is 0 Å². The van der Waals surface area contributed by atoms with Crippen molar-refractivity contribution in [2.24, 2.45) is 11.7 Å². The first kappa shape index (κ1) is 12.1. The molecular formula is C13H19BrN2. The number of nitrogens with two attached hydrogens (primary N) is 1. The molecule has 0 radical (unpaired) electrons. The Bertz CT molecular complexity index is 365. The molecule has 88 valence electrons. The predicted molar refractivity (Wildman–Crippen MR) is 71.3 cm³/mol. The maximum Gasteiger partial charge on any atom is 0.0245 e. The topological polar surface area (TPSA) is 29.3 Å². The van der Waals surface area contributed by atoms with Crippen LogP contribution in [0.25, 0.3) is 0 Å². The van der Waals surface area contributed by atoms with E-state index < -0.39 is 0 Å². The van der Waals surface area contributed by atoms with Gasteiger partial charge in [0.15, 0.2) is 0 Å². The summed E-state index contributed by atoms with van der Waals surface area (Å²) in [6.07, 6.45) is 1.25. The molecule has 16 heavy (non-hydrogen) atoms. The highest BCUT2D eigenvalue weighted by molar-refractivity contribution is 9.10. The summed E-state index contributed by atoms with van der Waals surface area (Å²) in [5, 5.41) is 0. The number of aryl methyl sites for hydroxylation is 1.